The molecule has 0 aliphatic carbocycles. The summed E-state index contributed by atoms with van der Waals surface area (Å²) in [5, 5.41) is 6.89. The van der Waals surface area contributed by atoms with Gasteiger partial charge in [-0.1, -0.05) is 53.2 Å². The van der Waals surface area contributed by atoms with Crippen LogP contribution in [0.4, 0.5) is 5.69 Å². The van der Waals surface area contributed by atoms with Crippen molar-refractivity contribution in [2.75, 3.05) is 11.9 Å². The summed E-state index contributed by atoms with van der Waals surface area (Å²) in [5.74, 6) is 1.33. The van der Waals surface area contributed by atoms with E-state index in [0.29, 0.717) is 17.5 Å². The van der Waals surface area contributed by atoms with Crippen LogP contribution in [0.3, 0.4) is 0 Å². The van der Waals surface area contributed by atoms with E-state index < -0.39 is 0 Å². The number of aromatic nitrogens is 2. The minimum absolute atomic E-state index is 0.0780. The Kier molecular flexibility index (Phi) is 5.57. The first-order valence-electron chi connectivity index (χ1n) is 9.58. The molecule has 150 valence electrons. The number of amides is 1. The number of aryl methyl sites for hydroxylation is 2. The minimum atomic E-state index is -0.213. The molecular weight excluding hydrogens is 378 g/mol. The lowest BCUT2D eigenvalue weighted by Crippen LogP contribution is -2.20. The Morgan fingerprint density at radius 3 is 2.47 bits per heavy atom. The predicted octanol–water partition coefficient (Wildman–Crippen LogP) is 5.04. The molecule has 0 aliphatic rings. The van der Waals surface area contributed by atoms with E-state index in [0.717, 1.165) is 27.9 Å². The van der Waals surface area contributed by atoms with Gasteiger partial charge in [0.1, 0.15) is 5.75 Å². The molecule has 4 aromatic rings. The molecule has 6 nitrogen and oxygen atoms in total. The average Bonchev–Trinajstić information content (AvgIpc) is 3.26. The molecule has 1 amide bonds. The van der Waals surface area contributed by atoms with Crippen LogP contribution in [0.25, 0.3) is 22.8 Å². The molecule has 1 N–H and O–H groups in total. The van der Waals surface area contributed by atoms with Crippen molar-refractivity contribution in [1.82, 2.24) is 10.1 Å². The van der Waals surface area contributed by atoms with Gasteiger partial charge >= 0.3 is 0 Å². The molecule has 4 rings (SSSR count). The van der Waals surface area contributed by atoms with Crippen LogP contribution in [-0.2, 0) is 4.79 Å². The normalized spacial score (nSPS) is 10.6. The second kappa shape index (κ2) is 8.61. The zero-order chi connectivity index (χ0) is 20.9. The fraction of sp³-hybridized carbons (Fsp3) is 0.125. The van der Waals surface area contributed by atoms with E-state index in [1.54, 1.807) is 12.1 Å². The molecule has 3 aromatic carbocycles. The van der Waals surface area contributed by atoms with Gasteiger partial charge in [0.05, 0.1) is 0 Å². The van der Waals surface area contributed by atoms with Crippen LogP contribution in [0.5, 0.6) is 5.75 Å². The Morgan fingerprint density at radius 2 is 1.73 bits per heavy atom. The molecular formula is C24H21N3O3. The van der Waals surface area contributed by atoms with Crippen molar-refractivity contribution in [2.24, 2.45) is 0 Å². The van der Waals surface area contributed by atoms with Gasteiger partial charge in [-0.15, -0.1) is 0 Å². The van der Waals surface area contributed by atoms with Crippen molar-refractivity contribution in [3.05, 3.63) is 83.9 Å². The van der Waals surface area contributed by atoms with Gasteiger partial charge in [-0.3, -0.25) is 4.79 Å². The predicted molar refractivity (Wildman–Crippen MR) is 115 cm³/mol. The summed E-state index contributed by atoms with van der Waals surface area (Å²) in [5.41, 5.74) is 4.62. The molecule has 1 aromatic heterocycles. The molecule has 0 unspecified atom stereocenters. The Balaban J connectivity index is 1.36. The maximum Gasteiger partial charge on any atom is 0.262 e. The standard InChI is InChI=1S/C24H21N3O3/c1-16-8-13-21(17(2)14-16)25-22(28)15-29-20-11-9-19(10-12-20)24-26-23(27-30-24)18-6-4-3-5-7-18/h3-14H,15H2,1-2H3,(H,25,28). The van der Waals surface area contributed by atoms with E-state index in [9.17, 15) is 4.79 Å². The van der Waals surface area contributed by atoms with Gasteiger partial charge in [0, 0.05) is 16.8 Å². The van der Waals surface area contributed by atoms with Gasteiger partial charge in [0.2, 0.25) is 5.82 Å². The van der Waals surface area contributed by atoms with Crippen molar-refractivity contribution in [3.63, 3.8) is 0 Å². The molecule has 6 heteroatoms. The number of hydrogen-bond acceptors (Lipinski definition) is 5. The first kappa shape index (κ1) is 19.4. The zero-order valence-corrected chi connectivity index (χ0v) is 16.8. The van der Waals surface area contributed by atoms with E-state index in [4.69, 9.17) is 9.26 Å². The van der Waals surface area contributed by atoms with Crippen molar-refractivity contribution in [3.8, 4) is 28.6 Å². The number of carbonyl (C=O) groups excluding carboxylic acids is 1. The molecule has 0 bridgehead atoms. The molecule has 0 aliphatic heterocycles. The van der Waals surface area contributed by atoms with Gasteiger partial charge in [-0.2, -0.15) is 4.98 Å². The fourth-order valence-corrected chi connectivity index (χ4v) is 3.03. The van der Waals surface area contributed by atoms with Crippen LogP contribution < -0.4 is 10.1 Å². The second-order valence-corrected chi connectivity index (χ2v) is 6.97. The molecule has 0 atom stereocenters. The average molecular weight is 399 g/mol. The maximum absolute atomic E-state index is 12.2. The van der Waals surface area contributed by atoms with Crippen LogP contribution in [0.2, 0.25) is 0 Å². The lowest BCUT2D eigenvalue weighted by Gasteiger charge is -2.10. The van der Waals surface area contributed by atoms with Crippen molar-refractivity contribution >= 4 is 11.6 Å². The van der Waals surface area contributed by atoms with Crippen molar-refractivity contribution < 1.29 is 14.1 Å². The lowest BCUT2D eigenvalue weighted by molar-refractivity contribution is -0.118. The molecule has 0 spiro atoms. The van der Waals surface area contributed by atoms with Gasteiger partial charge in [-0.25, -0.2) is 0 Å². The topological polar surface area (TPSA) is 77.2 Å². The molecule has 0 fully saturated rings. The van der Waals surface area contributed by atoms with E-state index in [2.05, 4.69) is 15.5 Å². The molecule has 0 saturated carbocycles. The summed E-state index contributed by atoms with van der Waals surface area (Å²) in [6.07, 6.45) is 0. The molecule has 30 heavy (non-hydrogen) atoms. The number of carbonyl (C=O) groups is 1. The molecule has 0 radical (unpaired) electrons. The minimum Gasteiger partial charge on any atom is -0.484 e. The highest BCUT2D eigenvalue weighted by Gasteiger charge is 2.11. The summed E-state index contributed by atoms with van der Waals surface area (Å²) in [6, 6.07) is 22.7. The molecule has 0 saturated heterocycles. The van der Waals surface area contributed by atoms with Crippen LogP contribution in [0.1, 0.15) is 11.1 Å². The van der Waals surface area contributed by atoms with Crippen LogP contribution in [0, 0.1) is 13.8 Å². The summed E-state index contributed by atoms with van der Waals surface area (Å²) in [7, 11) is 0. The smallest absolute Gasteiger partial charge is 0.262 e. The Hall–Kier alpha value is -3.93. The molecule has 1 heterocycles. The third kappa shape index (κ3) is 4.55. The largest absolute Gasteiger partial charge is 0.484 e. The number of anilines is 1. The number of nitrogens with one attached hydrogen (secondary N) is 1. The number of nitrogens with zero attached hydrogens (tertiary/aromatic N) is 2. The Bertz CT molecular complexity index is 1150. The third-order valence-corrected chi connectivity index (χ3v) is 4.59. The Labute approximate surface area is 174 Å². The summed E-state index contributed by atoms with van der Waals surface area (Å²) < 4.78 is 11.0. The number of ether oxygens (including phenoxy) is 1. The first-order chi connectivity index (χ1) is 14.6. The zero-order valence-electron chi connectivity index (χ0n) is 16.8. The van der Waals surface area contributed by atoms with Gasteiger partial charge in [0.15, 0.2) is 6.61 Å². The quantitative estimate of drug-likeness (QED) is 0.492. The van der Waals surface area contributed by atoms with E-state index >= 15 is 0 Å². The van der Waals surface area contributed by atoms with Crippen LogP contribution in [-0.4, -0.2) is 22.7 Å². The third-order valence-electron chi connectivity index (χ3n) is 4.59. The van der Waals surface area contributed by atoms with E-state index in [1.165, 1.54) is 0 Å². The number of rotatable bonds is 6. The van der Waals surface area contributed by atoms with Gasteiger partial charge < -0.3 is 14.6 Å². The summed E-state index contributed by atoms with van der Waals surface area (Å²) in [4.78, 5) is 16.6. The van der Waals surface area contributed by atoms with Crippen LogP contribution >= 0.6 is 0 Å². The highest BCUT2D eigenvalue weighted by molar-refractivity contribution is 5.92. The summed E-state index contributed by atoms with van der Waals surface area (Å²) in [6.45, 7) is 3.90. The second-order valence-electron chi connectivity index (χ2n) is 6.97. The fourth-order valence-electron chi connectivity index (χ4n) is 3.03. The highest BCUT2D eigenvalue weighted by atomic mass is 16.5. The summed E-state index contributed by atoms with van der Waals surface area (Å²) >= 11 is 0. The lowest BCUT2D eigenvalue weighted by atomic mass is 10.1. The van der Waals surface area contributed by atoms with Gasteiger partial charge in [-0.05, 0) is 49.7 Å². The van der Waals surface area contributed by atoms with Crippen molar-refractivity contribution in [2.45, 2.75) is 13.8 Å². The van der Waals surface area contributed by atoms with Gasteiger partial charge in [0.25, 0.3) is 11.8 Å². The van der Waals surface area contributed by atoms with E-state index in [-0.39, 0.29) is 12.5 Å². The maximum atomic E-state index is 12.2. The first-order valence-corrected chi connectivity index (χ1v) is 9.58. The monoisotopic (exact) mass is 399 g/mol. The van der Waals surface area contributed by atoms with Crippen LogP contribution in [0.15, 0.2) is 77.3 Å². The number of benzene rings is 3. The Morgan fingerprint density at radius 1 is 0.967 bits per heavy atom. The SMILES string of the molecule is Cc1ccc(NC(=O)COc2ccc(-c3nc(-c4ccccc4)no3)cc2)c(C)c1. The highest BCUT2D eigenvalue weighted by Crippen LogP contribution is 2.24. The van der Waals surface area contributed by atoms with Crippen molar-refractivity contribution in [1.29, 1.82) is 0 Å². The number of hydrogen-bond donors (Lipinski definition) is 1. The van der Waals surface area contributed by atoms with E-state index in [1.807, 2.05) is 74.5 Å².